The molecule has 0 aliphatic rings. The minimum atomic E-state index is 0.0833. The largest absolute Gasteiger partial charge is 0.337 e. The lowest BCUT2D eigenvalue weighted by Crippen LogP contribution is -2.13. The number of rotatable bonds is 2. The molecule has 1 rings (SSSR count). The van der Waals surface area contributed by atoms with Gasteiger partial charge in [-0.1, -0.05) is 6.92 Å². The Labute approximate surface area is 60.9 Å². The maximum Gasteiger partial charge on any atom is 0.125 e. The van der Waals surface area contributed by atoms with Crippen LogP contribution in [-0.4, -0.2) is 9.55 Å². The second-order valence-corrected chi connectivity index (χ2v) is 2.41. The molecular weight excluding hydrogens is 126 g/mol. The van der Waals surface area contributed by atoms with Crippen LogP contribution < -0.4 is 5.73 Å². The van der Waals surface area contributed by atoms with Crippen molar-refractivity contribution in [2.45, 2.75) is 19.4 Å². The quantitative estimate of drug-likeness (QED) is 0.659. The summed E-state index contributed by atoms with van der Waals surface area (Å²) in [6.45, 7) is 2.05. The highest BCUT2D eigenvalue weighted by Crippen LogP contribution is 2.08. The van der Waals surface area contributed by atoms with Crippen molar-refractivity contribution < 1.29 is 0 Å². The van der Waals surface area contributed by atoms with Gasteiger partial charge in [-0.2, -0.15) is 0 Å². The third-order valence-corrected chi connectivity index (χ3v) is 1.63. The van der Waals surface area contributed by atoms with E-state index in [0.29, 0.717) is 0 Å². The molecule has 0 aliphatic heterocycles. The molecule has 3 nitrogen and oxygen atoms in total. The first kappa shape index (κ1) is 7.28. The van der Waals surface area contributed by atoms with Crippen LogP contribution >= 0.6 is 0 Å². The Morgan fingerprint density at radius 3 is 2.90 bits per heavy atom. The molecule has 0 aliphatic carbocycles. The summed E-state index contributed by atoms with van der Waals surface area (Å²) in [6, 6.07) is 0.0833. The zero-order valence-corrected chi connectivity index (χ0v) is 6.41. The zero-order chi connectivity index (χ0) is 7.56. The highest BCUT2D eigenvalue weighted by atomic mass is 15.1. The normalized spacial score (nSPS) is 13.5. The van der Waals surface area contributed by atoms with Crippen molar-refractivity contribution in [1.29, 1.82) is 0 Å². The third-order valence-electron chi connectivity index (χ3n) is 1.63. The molecule has 0 saturated carbocycles. The number of aryl methyl sites for hydroxylation is 1. The van der Waals surface area contributed by atoms with E-state index in [1.54, 1.807) is 6.20 Å². The molecule has 0 fully saturated rings. The average molecular weight is 139 g/mol. The summed E-state index contributed by atoms with van der Waals surface area (Å²) in [5.74, 6) is 0.961. The van der Waals surface area contributed by atoms with E-state index in [1.165, 1.54) is 0 Å². The first-order valence-electron chi connectivity index (χ1n) is 3.48. The lowest BCUT2D eigenvalue weighted by molar-refractivity contribution is 0.617. The van der Waals surface area contributed by atoms with Crippen LogP contribution in [0.4, 0.5) is 0 Å². The maximum atomic E-state index is 5.76. The van der Waals surface area contributed by atoms with Gasteiger partial charge < -0.3 is 10.3 Å². The molecule has 3 heteroatoms. The van der Waals surface area contributed by atoms with Crippen molar-refractivity contribution in [3.63, 3.8) is 0 Å². The molecular formula is C7H13N3. The van der Waals surface area contributed by atoms with E-state index < -0.39 is 0 Å². The lowest BCUT2D eigenvalue weighted by atomic mass is 10.2. The summed E-state index contributed by atoms with van der Waals surface area (Å²) in [5, 5.41) is 0. The van der Waals surface area contributed by atoms with Gasteiger partial charge >= 0.3 is 0 Å². The Morgan fingerprint density at radius 1 is 1.80 bits per heavy atom. The van der Waals surface area contributed by atoms with E-state index in [-0.39, 0.29) is 6.04 Å². The highest BCUT2D eigenvalue weighted by molar-refractivity contribution is 4.96. The standard InChI is InChI=1S/C7H13N3/c1-3-6(8)7-9-4-5-10(7)2/h4-6H,3,8H2,1-2H3/t6-/m0/s1. The van der Waals surface area contributed by atoms with Gasteiger partial charge in [-0.05, 0) is 6.42 Å². The van der Waals surface area contributed by atoms with E-state index in [1.807, 2.05) is 17.8 Å². The van der Waals surface area contributed by atoms with Gasteiger partial charge in [-0.25, -0.2) is 4.98 Å². The molecule has 56 valence electrons. The van der Waals surface area contributed by atoms with Crippen molar-refractivity contribution in [2.75, 3.05) is 0 Å². The molecule has 0 spiro atoms. The maximum absolute atomic E-state index is 5.76. The first-order valence-corrected chi connectivity index (χ1v) is 3.48. The molecule has 1 heterocycles. The zero-order valence-electron chi connectivity index (χ0n) is 6.41. The summed E-state index contributed by atoms with van der Waals surface area (Å²) in [5.41, 5.74) is 5.76. The monoisotopic (exact) mass is 139 g/mol. The van der Waals surface area contributed by atoms with Gasteiger partial charge in [0, 0.05) is 19.4 Å². The fraction of sp³-hybridized carbons (Fsp3) is 0.571. The second kappa shape index (κ2) is 2.84. The van der Waals surface area contributed by atoms with Crippen LogP contribution in [0.5, 0.6) is 0 Å². The van der Waals surface area contributed by atoms with Gasteiger partial charge in [0.25, 0.3) is 0 Å². The average Bonchev–Trinajstić information content (AvgIpc) is 2.34. The van der Waals surface area contributed by atoms with Crippen molar-refractivity contribution in [2.24, 2.45) is 12.8 Å². The molecule has 0 radical (unpaired) electrons. The molecule has 1 atom stereocenters. The summed E-state index contributed by atoms with van der Waals surface area (Å²) >= 11 is 0. The Bertz CT molecular complexity index is 204. The molecule has 1 aromatic rings. The number of aromatic nitrogens is 2. The number of nitrogens with zero attached hydrogens (tertiary/aromatic N) is 2. The van der Waals surface area contributed by atoms with Crippen molar-refractivity contribution in [3.05, 3.63) is 18.2 Å². The molecule has 0 saturated heterocycles. The number of imidazole rings is 1. The predicted octanol–water partition coefficient (Wildman–Crippen LogP) is 0.830. The van der Waals surface area contributed by atoms with Crippen molar-refractivity contribution >= 4 is 0 Å². The van der Waals surface area contributed by atoms with Crippen LogP contribution in [0.15, 0.2) is 12.4 Å². The first-order chi connectivity index (χ1) is 4.75. The Kier molecular flexibility index (Phi) is 2.06. The summed E-state index contributed by atoms with van der Waals surface area (Å²) < 4.78 is 1.95. The van der Waals surface area contributed by atoms with Gasteiger partial charge in [-0.15, -0.1) is 0 Å². The van der Waals surface area contributed by atoms with Crippen LogP contribution in [0.1, 0.15) is 25.2 Å². The van der Waals surface area contributed by atoms with Gasteiger partial charge in [-0.3, -0.25) is 0 Å². The highest BCUT2D eigenvalue weighted by Gasteiger charge is 2.06. The summed E-state index contributed by atoms with van der Waals surface area (Å²) in [6.07, 6.45) is 4.61. The molecule has 0 amide bonds. The van der Waals surface area contributed by atoms with Crippen LogP contribution in [-0.2, 0) is 7.05 Å². The van der Waals surface area contributed by atoms with Crippen molar-refractivity contribution in [1.82, 2.24) is 9.55 Å². The molecule has 0 bridgehead atoms. The minimum absolute atomic E-state index is 0.0833. The Hall–Kier alpha value is -0.830. The minimum Gasteiger partial charge on any atom is -0.337 e. The van der Waals surface area contributed by atoms with Crippen LogP contribution in [0.2, 0.25) is 0 Å². The fourth-order valence-corrected chi connectivity index (χ4v) is 0.917. The topological polar surface area (TPSA) is 43.8 Å². The number of hydrogen-bond donors (Lipinski definition) is 1. The molecule has 0 aromatic carbocycles. The van der Waals surface area contributed by atoms with E-state index in [2.05, 4.69) is 11.9 Å². The smallest absolute Gasteiger partial charge is 0.125 e. The lowest BCUT2D eigenvalue weighted by Gasteiger charge is -2.07. The van der Waals surface area contributed by atoms with Gasteiger partial charge in [0.05, 0.1) is 6.04 Å². The van der Waals surface area contributed by atoms with Crippen LogP contribution in [0, 0.1) is 0 Å². The van der Waals surface area contributed by atoms with Gasteiger partial charge in [0.15, 0.2) is 0 Å². The van der Waals surface area contributed by atoms with Crippen molar-refractivity contribution in [3.8, 4) is 0 Å². The summed E-state index contributed by atoms with van der Waals surface area (Å²) in [7, 11) is 1.96. The molecule has 1 aromatic heterocycles. The predicted molar refractivity (Wildman–Crippen MR) is 40.4 cm³/mol. The van der Waals surface area contributed by atoms with Crippen LogP contribution in [0.3, 0.4) is 0 Å². The SMILES string of the molecule is CC[C@H](N)c1nccn1C. The molecule has 0 unspecified atom stereocenters. The third kappa shape index (κ3) is 1.19. The Morgan fingerprint density at radius 2 is 2.50 bits per heavy atom. The van der Waals surface area contributed by atoms with E-state index >= 15 is 0 Å². The van der Waals surface area contributed by atoms with Gasteiger partial charge in [0.1, 0.15) is 5.82 Å². The van der Waals surface area contributed by atoms with Gasteiger partial charge in [0.2, 0.25) is 0 Å². The second-order valence-electron chi connectivity index (χ2n) is 2.41. The Balaban J connectivity index is 2.82. The van der Waals surface area contributed by atoms with E-state index in [4.69, 9.17) is 5.73 Å². The van der Waals surface area contributed by atoms with E-state index in [9.17, 15) is 0 Å². The number of hydrogen-bond acceptors (Lipinski definition) is 2. The fourth-order valence-electron chi connectivity index (χ4n) is 0.917. The summed E-state index contributed by atoms with van der Waals surface area (Å²) in [4.78, 5) is 4.12. The van der Waals surface area contributed by atoms with Crippen LogP contribution in [0.25, 0.3) is 0 Å². The number of nitrogens with two attached hydrogens (primary N) is 1. The molecule has 2 N–H and O–H groups in total. The molecule has 10 heavy (non-hydrogen) atoms. The van der Waals surface area contributed by atoms with E-state index in [0.717, 1.165) is 12.2 Å².